The normalized spacial score (nSPS) is 24.2. The van der Waals surface area contributed by atoms with Gasteiger partial charge in [0.2, 0.25) is 23.6 Å². The number of rotatable bonds is 32. The zero-order chi connectivity index (χ0) is 79.9. The minimum atomic E-state index is -1.74. The number of ether oxygens (including phenoxy) is 6. The van der Waals surface area contributed by atoms with Crippen LogP contribution in [-0.2, 0) is 47.6 Å². The van der Waals surface area contributed by atoms with Crippen molar-refractivity contribution in [3.8, 4) is 44.5 Å². The molecule has 32 nitrogen and oxygen atoms in total. The van der Waals surface area contributed by atoms with Gasteiger partial charge in [0.05, 0.1) is 69.0 Å². The van der Waals surface area contributed by atoms with Gasteiger partial charge in [-0.15, -0.1) is 0 Å². The number of carbonyl (C=O) groups is 5. The lowest BCUT2D eigenvalue weighted by atomic mass is 9.83. The van der Waals surface area contributed by atoms with Crippen molar-refractivity contribution >= 4 is 75.9 Å². The number of benzene rings is 4. The number of hydrogen-bond acceptors (Lipinski definition) is 25. The first-order valence-corrected chi connectivity index (χ1v) is 37.2. The summed E-state index contributed by atoms with van der Waals surface area (Å²) in [5.41, 5.74) is 11.0. The lowest BCUT2D eigenvalue weighted by Gasteiger charge is -2.39. The second-order valence-corrected chi connectivity index (χ2v) is 27.9. The number of fused-ring (bicyclic) bond motifs is 8. The Morgan fingerprint density at radius 1 is 0.372 bits per heavy atom. The quantitative estimate of drug-likeness (QED) is 0.0262. The van der Waals surface area contributed by atoms with Gasteiger partial charge in [-0.25, -0.2) is 9.97 Å². The maximum Gasteiger partial charge on any atom is 0.251 e. The highest BCUT2D eigenvalue weighted by Gasteiger charge is 2.47. The van der Waals surface area contributed by atoms with Gasteiger partial charge < -0.3 is 126 Å². The van der Waals surface area contributed by atoms with Crippen LogP contribution in [0.2, 0.25) is 0 Å². The number of aliphatic hydroxyl groups excluding tert-OH is 12. The maximum absolute atomic E-state index is 14.6. The van der Waals surface area contributed by atoms with E-state index in [9.17, 15) is 85.3 Å². The number of H-pyrrole nitrogens is 2. The lowest BCUT2D eigenvalue weighted by molar-refractivity contribution is -0.300. The van der Waals surface area contributed by atoms with Crippen LogP contribution >= 0.6 is 0 Å². The molecule has 19 N–H and O–H groups in total. The highest BCUT2D eigenvalue weighted by Crippen LogP contribution is 2.39. The molecule has 3 saturated heterocycles. The SMILES string of the molecule is O=C(CCC(CCC(=O)NCCO[C@@H]1O[C@H](CO)[C@H](O)[C@H](O)[C@H]1O)(CCC(=O)NCCO[C@@H]1O[C@H](CO)[C@H](O)[C@H](O)[C@H]1O)NC(=O)CNC(=O)c1ccc(-c2c3nc(c(-c4ccccc4)c4ccc([nH]4)c(-c4ccccc4)c4nc(c(-c5ccccc5)c5ccc2[nH]5)C=C4)C=C3)cc1)NCCO[C@@H]1O[C@H](CO)[C@H](O)[C@H](O)[C@H]1O. The molecule has 0 spiro atoms. The van der Waals surface area contributed by atoms with Crippen molar-refractivity contribution in [1.82, 2.24) is 46.5 Å². The van der Waals surface area contributed by atoms with Gasteiger partial charge >= 0.3 is 0 Å². The minimum absolute atomic E-state index is 0.142. The minimum Gasteiger partial charge on any atom is -0.394 e. The Labute approximate surface area is 647 Å². The summed E-state index contributed by atoms with van der Waals surface area (Å²) in [6, 6.07) is 44.8. The fourth-order valence-electron chi connectivity index (χ4n) is 14.2. The smallest absolute Gasteiger partial charge is 0.251 e. The van der Waals surface area contributed by atoms with Gasteiger partial charge in [-0.1, -0.05) is 103 Å². The monoisotopic (exact) mass is 1560 g/mol. The lowest BCUT2D eigenvalue weighted by Crippen LogP contribution is -2.59. The molecule has 600 valence electrons. The van der Waals surface area contributed by atoms with Crippen molar-refractivity contribution in [2.75, 3.05) is 65.8 Å². The zero-order valence-electron chi connectivity index (χ0n) is 61.3. The number of carbonyl (C=O) groups excluding carboxylic acids is 5. The van der Waals surface area contributed by atoms with Crippen LogP contribution in [0.4, 0.5) is 0 Å². The third-order valence-electron chi connectivity index (χ3n) is 20.3. The second kappa shape index (κ2) is 38.3. The molecule has 5 aliphatic heterocycles. The predicted molar refractivity (Wildman–Crippen MR) is 410 cm³/mol. The van der Waals surface area contributed by atoms with Crippen LogP contribution < -0.4 is 26.6 Å². The number of aromatic amines is 2. The van der Waals surface area contributed by atoms with Gasteiger partial charge in [-0.2, -0.15) is 0 Å². The molecule has 12 rings (SSSR count). The molecule has 5 amide bonds. The summed E-state index contributed by atoms with van der Waals surface area (Å²) in [6.45, 7) is -4.44. The summed E-state index contributed by atoms with van der Waals surface area (Å²) in [7, 11) is 0. The third-order valence-corrected chi connectivity index (χ3v) is 20.3. The van der Waals surface area contributed by atoms with Crippen LogP contribution in [0.25, 0.3) is 90.9 Å². The summed E-state index contributed by atoms with van der Waals surface area (Å²) < 4.78 is 32.9. The Morgan fingerprint density at radius 2 is 0.673 bits per heavy atom. The van der Waals surface area contributed by atoms with Gasteiger partial charge in [0.1, 0.15) is 73.2 Å². The average molecular weight is 1560 g/mol. The molecule has 3 aromatic heterocycles. The molecule has 0 radical (unpaired) electrons. The molecule has 113 heavy (non-hydrogen) atoms. The van der Waals surface area contributed by atoms with Gasteiger partial charge in [-0.3, -0.25) is 24.0 Å². The van der Waals surface area contributed by atoms with Crippen LogP contribution in [-0.4, -0.2) is 274 Å². The molecule has 0 unspecified atom stereocenters. The Balaban J connectivity index is 0.811. The van der Waals surface area contributed by atoms with Crippen molar-refractivity contribution in [1.29, 1.82) is 0 Å². The second-order valence-electron chi connectivity index (χ2n) is 27.9. The molecule has 3 fully saturated rings. The summed E-state index contributed by atoms with van der Waals surface area (Å²) in [5.74, 6) is -3.41. The summed E-state index contributed by atoms with van der Waals surface area (Å²) in [5, 5.41) is 136. The van der Waals surface area contributed by atoms with Crippen LogP contribution in [0, 0.1) is 0 Å². The van der Waals surface area contributed by atoms with Gasteiger partial charge in [0, 0.05) is 94.3 Å². The molecule has 7 aromatic rings. The maximum atomic E-state index is 14.6. The molecule has 0 aliphatic carbocycles. The van der Waals surface area contributed by atoms with E-state index in [-0.39, 0.29) is 83.5 Å². The van der Waals surface area contributed by atoms with Crippen LogP contribution in [0.5, 0.6) is 0 Å². The van der Waals surface area contributed by atoms with Gasteiger partial charge in [0.25, 0.3) is 5.91 Å². The first kappa shape index (κ1) is 82.6. The van der Waals surface area contributed by atoms with Crippen LogP contribution in [0.1, 0.15) is 71.7 Å². The molecule has 4 aromatic carbocycles. The van der Waals surface area contributed by atoms with E-state index in [0.29, 0.717) is 28.0 Å². The van der Waals surface area contributed by atoms with Crippen molar-refractivity contribution in [2.45, 2.75) is 136 Å². The summed E-state index contributed by atoms with van der Waals surface area (Å²) in [4.78, 5) is 88.7. The molecule has 8 heterocycles. The Kier molecular flexibility index (Phi) is 28.0. The molecule has 8 bridgehead atoms. The number of nitrogens with zero attached hydrogens (tertiary/aromatic N) is 2. The number of hydrogen-bond donors (Lipinski definition) is 19. The average Bonchev–Trinajstić information content (AvgIpc) is 1.60. The van der Waals surface area contributed by atoms with E-state index < -0.39 is 154 Å². The van der Waals surface area contributed by atoms with E-state index in [1.807, 2.05) is 121 Å². The Bertz CT molecular complexity index is 4480. The number of aromatic nitrogens is 4. The van der Waals surface area contributed by atoms with E-state index in [4.69, 9.17) is 38.4 Å². The molecule has 15 atom stereocenters. The summed E-state index contributed by atoms with van der Waals surface area (Å²) in [6.07, 6.45) is -17.7. The largest absolute Gasteiger partial charge is 0.394 e. The predicted octanol–water partition coefficient (Wildman–Crippen LogP) is 1.05. The highest BCUT2D eigenvalue weighted by atomic mass is 16.7. The molecule has 5 aliphatic rings. The van der Waals surface area contributed by atoms with Crippen molar-refractivity contribution in [3.63, 3.8) is 0 Å². The fourth-order valence-corrected chi connectivity index (χ4v) is 14.2. The van der Waals surface area contributed by atoms with Crippen molar-refractivity contribution in [3.05, 3.63) is 168 Å². The van der Waals surface area contributed by atoms with E-state index in [2.05, 4.69) is 54.8 Å². The first-order valence-electron chi connectivity index (χ1n) is 37.2. The van der Waals surface area contributed by atoms with Gasteiger partial charge in [-0.05, 0) is 102 Å². The van der Waals surface area contributed by atoms with Crippen LogP contribution in [0.3, 0.4) is 0 Å². The zero-order valence-corrected chi connectivity index (χ0v) is 61.3. The first-order chi connectivity index (χ1) is 54.6. The van der Waals surface area contributed by atoms with Crippen LogP contribution in [0.15, 0.2) is 140 Å². The summed E-state index contributed by atoms with van der Waals surface area (Å²) >= 11 is 0. The molecular formula is C81H93N9O23. The highest BCUT2D eigenvalue weighted by molar-refractivity contribution is 6.01. The molecular weight excluding hydrogens is 1470 g/mol. The fraction of sp³-hybridized carbons (Fsp3) is 0.395. The van der Waals surface area contributed by atoms with E-state index in [1.165, 1.54) is 0 Å². The van der Waals surface area contributed by atoms with Crippen molar-refractivity contribution in [2.24, 2.45) is 0 Å². The van der Waals surface area contributed by atoms with E-state index in [1.54, 1.807) is 24.3 Å². The van der Waals surface area contributed by atoms with Gasteiger partial charge in [0.15, 0.2) is 18.9 Å². The van der Waals surface area contributed by atoms with E-state index in [0.717, 1.165) is 61.3 Å². The molecule has 32 heteroatoms. The number of amides is 5. The standard InChI is InChI=1S/C81H93N9O23/c91-41-57-68(98)71(101)74(104)78(111-57)108-37-34-82-60(94)28-31-81(32-29-61(95)83-35-38-109-79-75(105)72(102)69(99)58(42-92)112-79,33-30-62(96)84-36-39-110-80-76(106)73(103)70(100)59(43-93)113-80)90-63(97)40-85-77(107)48-18-16-47(17-19-48)67-55-26-24-53(88-55)65(45-12-6-2-7-13-45)51-22-20-49(86-51)64(44-10-4-1-5-11-44)50-21-23-52(87-50)66(46-14-8-3-9-15-46)54-25-27-56(67)89-54/h1-27,57-59,68-76,78-80,86,89,91-93,98-106H,28-43H2,(H,82,94)(H,83,95)(H,84,96)(H,85,107)(H,90,97)/t57-,58-,59-,68+,69+,70+,71+,72+,73+,74-,75-,76-,78-,79-,80-/m1/s1. The Morgan fingerprint density at radius 3 is 0.973 bits per heavy atom. The van der Waals surface area contributed by atoms with E-state index >= 15 is 0 Å². The number of aliphatic hydroxyl groups is 12. The van der Waals surface area contributed by atoms with Crippen molar-refractivity contribution < 1.29 is 114 Å². The Hall–Kier alpha value is -9.89. The third kappa shape index (κ3) is 19.8. The molecule has 0 saturated carbocycles. The number of nitrogens with one attached hydrogen (secondary N) is 7. The topological polar surface area (TPSA) is 501 Å².